The van der Waals surface area contributed by atoms with Crippen LogP contribution >= 0.6 is 0 Å². The zero-order valence-electron chi connectivity index (χ0n) is 14.0. The molecule has 2 N–H and O–H groups in total. The summed E-state index contributed by atoms with van der Waals surface area (Å²) in [6.07, 6.45) is 0. The average Bonchev–Trinajstić information content (AvgIpc) is 2.96. The molecule has 0 fully saturated rings. The van der Waals surface area contributed by atoms with Gasteiger partial charge in [0, 0.05) is 12.6 Å². The van der Waals surface area contributed by atoms with E-state index in [2.05, 4.69) is 4.98 Å². The van der Waals surface area contributed by atoms with Crippen LogP contribution in [0.2, 0.25) is 0 Å². The molecular formula is C18H18FN3O3. The minimum Gasteiger partial charge on any atom is -0.497 e. The van der Waals surface area contributed by atoms with Crippen molar-refractivity contribution in [2.45, 2.75) is 20.1 Å². The molecule has 0 saturated heterocycles. The lowest BCUT2D eigenvalue weighted by atomic mass is 10.2. The summed E-state index contributed by atoms with van der Waals surface area (Å²) in [5.74, 6) is 0.535. The Balaban J connectivity index is 1.91. The maximum atomic E-state index is 13.4. The van der Waals surface area contributed by atoms with Crippen LogP contribution < -0.4 is 15.2 Å². The Morgan fingerprint density at radius 3 is 2.76 bits per heavy atom. The largest absolute Gasteiger partial charge is 0.497 e. The lowest BCUT2D eigenvalue weighted by Gasteiger charge is -2.12. The van der Waals surface area contributed by atoms with Crippen molar-refractivity contribution in [3.8, 4) is 11.5 Å². The number of nitrogens with zero attached hydrogens (tertiary/aromatic N) is 2. The lowest BCUT2D eigenvalue weighted by Crippen LogP contribution is -2.14. The van der Waals surface area contributed by atoms with E-state index in [0.29, 0.717) is 29.4 Å². The maximum Gasteiger partial charge on any atom is 0.252 e. The fourth-order valence-electron chi connectivity index (χ4n) is 2.71. The molecule has 1 amide bonds. The van der Waals surface area contributed by atoms with E-state index in [1.165, 1.54) is 25.3 Å². The van der Waals surface area contributed by atoms with Crippen molar-refractivity contribution in [3.05, 3.63) is 53.6 Å². The molecule has 0 radical (unpaired) electrons. The second kappa shape index (κ2) is 6.80. The van der Waals surface area contributed by atoms with Crippen molar-refractivity contribution in [1.82, 2.24) is 9.55 Å². The highest BCUT2D eigenvalue weighted by molar-refractivity contribution is 5.96. The summed E-state index contributed by atoms with van der Waals surface area (Å²) < 4.78 is 26.2. The number of aromatic nitrogens is 2. The molecular weight excluding hydrogens is 325 g/mol. The first-order valence-corrected chi connectivity index (χ1v) is 7.78. The number of rotatable bonds is 6. The van der Waals surface area contributed by atoms with E-state index in [1.807, 2.05) is 11.5 Å². The standard InChI is InChI=1S/C18H18FN3O3/c1-3-22-15-6-4-11(19)8-14(15)21-17(22)10-25-16-7-5-12(24-2)9-13(16)18(20)23/h4-9H,3,10H2,1-2H3,(H2,20,23). The molecule has 3 rings (SSSR count). The van der Waals surface area contributed by atoms with Gasteiger partial charge in [-0.2, -0.15) is 0 Å². The SMILES string of the molecule is CCn1c(COc2ccc(OC)cc2C(N)=O)nc2cc(F)ccc21. The first-order chi connectivity index (χ1) is 12.0. The Morgan fingerprint density at radius 2 is 2.08 bits per heavy atom. The number of hydrogen-bond acceptors (Lipinski definition) is 4. The van der Waals surface area contributed by atoms with Crippen LogP contribution in [0.25, 0.3) is 11.0 Å². The number of amides is 1. The van der Waals surface area contributed by atoms with Gasteiger partial charge in [0.2, 0.25) is 0 Å². The van der Waals surface area contributed by atoms with Crippen LogP contribution in [-0.4, -0.2) is 22.6 Å². The zero-order valence-corrected chi connectivity index (χ0v) is 14.0. The van der Waals surface area contributed by atoms with Gasteiger partial charge in [0.05, 0.1) is 23.7 Å². The van der Waals surface area contributed by atoms with Gasteiger partial charge < -0.3 is 19.8 Å². The third kappa shape index (κ3) is 3.26. The van der Waals surface area contributed by atoms with Crippen LogP contribution in [-0.2, 0) is 13.2 Å². The summed E-state index contributed by atoms with van der Waals surface area (Å²) in [5.41, 5.74) is 7.02. The number of carbonyl (C=O) groups excluding carboxylic acids is 1. The van der Waals surface area contributed by atoms with Crippen molar-refractivity contribution >= 4 is 16.9 Å². The van der Waals surface area contributed by atoms with Gasteiger partial charge in [0.25, 0.3) is 5.91 Å². The molecule has 0 spiro atoms. The van der Waals surface area contributed by atoms with E-state index in [9.17, 15) is 9.18 Å². The van der Waals surface area contributed by atoms with Crippen LogP contribution in [0.3, 0.4) is 0 Å². The second-order valence-electron chi connectivity index (χ2n) is 5.42. The molecule has 0 aliphatic carbocycles. The third-order valence-electron chi connectivity index (χ3n) is 3.91. The van der Waals surface area contributed by atoms with Crippen LogP contribution in [0.15, 0.2) is 36.4 Å². The number of methoxy groups -OCH3 is 1. The second-order valence-corrected chi connectivity index (χ2v) is 5.42. The van der Waals surface area contributed by atoms with Gasteiger partial charge in [-0.15, -0.1) is 0 Å². The Hall–Kier alpha value is -3.09. The Bertz CT molecular complexity index is 937. The van der Waals surface area contributed by atoms with Crippen molar-refractivity contribution in [3.63, 3.8) is 0 Å². The number of primary amides is 1. The summed E-state index contributed by atoms with van der Waals surface area (Å²) in [4.78, 5) is 16.1. The van der Waals surface area contributed by atoms with E-state index in [0.717, 1.165) is 5.52 Å². The smallest absolute Gasteiger partial charge is 0.252 e. The van der Waals surface area contributed by atoms with Gasteiger partial charge >= 0.3 is 0 Å². The summed E-state index contributed by atoms with van der Waals surface area (Å²) in [5, 5.41) is 0. The minimum atomic E-state index is -0.611. The van der Waals surface area contributed by atoms with Gasteiger partial charge in [-0.1, -0.05) is 0 Å². The van der Waals surface area contributed by atoms with Crippen LogP contribution in [0, 0.1) is 5.82 Å². The molecule has 130 valence electrons. The highest BCUT2D eigenvalue weighted by Gasteiger charge is 2.14. The van der Waals surface area contributed by atoms with Crippen molar-refractivity contribution in [1.29, 1.82) is 0 Å². The highest BCUT2D eigenvalue weighted by Crippen LogP contribution is 2.25. The fourth-order valence-corrected chi connectivity index (χ4v) is 2.71. The van der Waals surface area contributed by atoms with Crippen molar-refractivity contribution in [2.24, 2.45) is 5.73 Å². The van der Waals surface area contributed by atoms with E-state index >= 15 is 0 Å². The molecule has 2 aromatic carbocycles. The molecule has 25 heavy (non-hydrogen) atoms. The molecule has 0 unspecified atom stereocenters. The van der Waals surface area contributed by atoms with Gasteiger partial charge in [-0.05, 0) is 37.3 Å². The predicted octanol–water partition coefficient (Wildman–Crippen LogP) is 2.88. The number of halogens is 1. The minimum absolute atomic E-state index is 0.122. The van der Waals surface area contributed by atoms with Gasteiger partial charge in [-0.3, -0.25) is 4.79 Å². The van der Waals surface area contributed by atoms with E-state index in [4.69, 9.17) is 15.2 Å². The zero-order chi connectivity index (χ0) is 18.0. The molecule has 0 aliphatic heterocycles. The van der Waals surface area contributed by atoms with Gasteiger partial charge in [0.1, 0.15) is 29.7 Å². The normalized spacial score (nSPS) is 10.8. The quantitative estimate of drug-likeness (QED) is 0.746. The van der Waals surface area contributed by atoms with Crippen LogP contribution in [0.1, 0.15) is 23.1 Å². The third-order valence-corrected chi connectivity index (χ3v) is 3.91. The lowest BCUT2D eigenvalue weighted by molar-refractivity contribution is 0.0995. The van der Waals surface area contributed by atoms with Gasteiger partial charge in [0.15, 0.2) is 0 Å². The number of aryl methyl sites for hydroxylation is 1. The molecule has 0 saturated carbocycles. The predicted molar refractivity (Wildman–Crippen MR) is 91.2 cm³/mol. The van der Waals surface area contributed by atoms with E-state index in [-0.39, 0.29) is 18.0 Å². The number of nitrogens with two attached hydrogens (primary N) is 1. The molecule has 0 aliphatic rings. The Labute approximate surface area is 144 Å². The first-order valence-electron chi connectivity index (χ1n) is 7.78. The summed E-state index contributed by atoms with van der Waals surface area (Å²) in [6.45, 7) is 2.75. The summed E-state index contributed by atoms with van der Waals surface area (Å²) in [7, 11) is 1.50. The molecule has 7 heteroatoms. The number of carbonyl (C=O) groups is 1. The monoisotopic (exact) mass is 343 g/mol. The number of benzene rings is 2. The number of ether oxygens (including phenoxy) is 2. The van der Waals surface area contributed by atoms with E-state index < -0.39 is 5.91 Å². The van der Waals surface area contributed by atoms with Crippen LogP contribution in [0.4, 0.5) is 4.39 Å². The van der Waals surface area contributed by atoms with Crippen molar-refractivity contribution in [2.75, 3.05) is 7.11 Å². The summed E-state index contributed by atoms with van der Waals surface area (Å²) in [6, 6.07) is 9.29. The molecule has 6 nitrogen and oxygen atoms in total. The molecule has 3 aromatic rings. The topological polar surface area (TPSA) is 79.4 Å². The molecule has 0 bridgehead atoms. The number of imidazole rings is 1. The highest BCUT2D eigenvalue weighted by atomic mass is 19.1. The fraction of sp³-hybridized carbons (Fsp3) is 0.222. The van der Waals surface area contributed by atoms with Crippen molar-refractivity contribution < 1.29 is 18.7 Å². The Morgan fingerprint density at radius 1 is 1.28 bits per heavy atom. The Kier molecular flexibility index (Phi) is 4.56. The number of hydrogen-bond donors (Lipinski definition) is 1. The van der Waals surface area contributed by atoms with E-state index in [1.54, 1.807) is 18.2 Å². The van der Waals surface area contributed by atoms with Crippen LogP contribution in [0.5, 0.6) is 11.5 Å². The maximum absolute atomic E-state index is 13.4. The average molecular weight is 343 g/mol. The first kappa shape index (κ1) is 16.8. The molecule has 1 heterocycles. The summed E-state index contributed by atoms with van der Waals surface area (Å²) >= 11 is 0. The number of fused-ring (bicyclic) bond motifs is 1. The molecule has 0 atom stereocenters. The van der Waals surface area contributed by atoms with Gasteiger partial charge in [-0.25, -0.2) is 9.37 Å². The molecule has 1 aromatic heterocycles.